The van der Waals surface area contributed by atoms with Gasteiger partial charge in [-0.1, -0.05) is 74.7 Å². The van der Waals surface area contributed by atoms with Crippen LogP contribution in [0.5, 0.6) is 5.88 Å². The first-order chi connectivity index (χ1) is 13.6. The molecule has 0 saturated heterocycles. The molecule has 0 bridgehead atoms. The third-order valence-corrected chi connectivity index (χ3v) is 4.96. The van der Waals surface area contributed by atoms with E-state index in [1.165, 1.54) is 5.56 Å². The Balaban J connectivity index is 1.95. The minimum absolute atomic E-state index is 0.0820. The summed E-state index contributed by atoms with van der Waals surface area (Å²) in [7, 11) is 0. The second-order valence-corrected chi connectivity index (χ2v) is 7.15. The quantitative estimate of drug-likeness (QED) is 0.455. The van der Waals surface area contributed by atoms with Gasteiger partial charge in [-0.05, 0) is 31.9 Å². The van der Waals surface area contributed by atoms with Crippen molar-refractivity contribution in [3.05, 3.63) is 66.2 Å². The van der Waals surface area contributed by atoms with Gasteiger partial charge in [-0.2, -0.15) is 5.10 Å². The average molecular weight is 377 g/mol. The van der Waals surface area contributed by atoms with Crippen LogP contribution in [-0.4, -0.2) is 15.7 Å². The zero-order valence-corrected chi connectivity index (χ0v) is 16.9. The fraction of sp³-hybridized carbons (Fsp3) is 0.333. The molecule has 146 valence electrons. The van der Waals surface area contributed by atoms with Crippen LogP contribution in [0, 0.1) is 12.8 Å². The summed E-state index contributed by atoms with van der Waals surface area (Å²) in [5, 5.41) is 4.72. The van der Waals surface area contributed by atoms with Gasteiger partial charge in [0.05, 0.1) is 17.3 Å². The second-order valence-electron chi connectivity index (χ2n) is 7.15. The van der Waals surface area contributed by atoms with Gasteiger partial charge in [0.15, 0.2) is 0 Å². The van der Waals surface area contributed by atoms with Crippen molar-refractivity contribution in [1.29, 1.82) is 0 Å². The highest BCUT2D eigenvalue weighted by atomic mass is 16.5. The summed E-state index contributed by atoms with van der Waals surface area (Å²) in [6.45, 7) is 6.22. The number of hydrogen-bond donors (Lipinski definition) is 0. The normalized spacial score (nSPS) is 12.0. The Bertz CT molecular complexity index is 898. The van der Waals surface area contributed by atoms with Crippen LogP contribution in [0.4, 0.5) is 0 Å². The third-order valence-electron chi connectivity index (χ3n) is 4.96. The minimum Gasteiger partial charge on any atom is -0.407 e. The third kappa shape index (κ3) is 4.69. The molecular weight excluding hydrogens is 348 g/mol. The van der Waals surface area contributed by atoms with Crippen molar-refractivity contribution in [2.24, 2.45) is 5.92 Å². The maximum absolute atomic E-state index is 12.8. The molecule has 0 aliphatic rings. The molecule has 1 atom stereocenters. The fourth-order valence-electron chi connectivity index (χ4n) is 3.18. The first kappa shape index (κ1) is 19.9. The largest absolute Gasteiger partial charge is 0.407 e. The number of carbonyl (C=O) groups excluding carboxylic acids is 1. The molecule has 0 radical (unpaired) electrons. The second kappa shape index (κ2) is 9.36. The predicted molar refractivity (Wildman–Crippen MR) is 113 cm³/mol. The monoisotopic (exact) mass is 376 g/mol. The van der Waals surface area contributed by atoms with Crippen LogP contribution in [0.3, 0.4) is 0 Å². The lowest BCUT2D eigenvalue weighted by Crippen LogP contribution is -2.21. The molecule has 0 N–H and O–H groups in total. The van der Waals surface area contributed by atoms with Gasteiger partial charge in [0.25, 0.3) is 0 Å². The Kier molecular flexibility index (Phi) is 6.64. The Labute approximate surface area is 167 Å². The molecule has 2 aromatic carbocycles. The van der Waals surface area contributed by atoms with Crippen molar-refractivity contribution in [3.8, 4) is 22.8 Å². The zero-order chi connectivity index (χ0) is 19.9. The lowest BCUT2D eigenvalue weighted by molar-refractivity contribution is -0.139. The molecule has 3 rings (SSSR count). The van der Waals surface area contributed by atoms with Crippen LogP contribution >= 0.6 is 0 Å². The molecule has 1 aromatic heterocycles. The van der Waals surface area contributed by atoms with E-state index in [0.717, 1.165) is 42.6 Å². The molecule has 0 aliphatic carbocycles. The molecule has 0 saturated carbocycles. The number of hydrogen-bond acceptors (Lipinski definition) is 3. The van der Waals surface area contributed by atoms with E-state index in [-0.39, 0.29) is 11.9 Å². The number of carbonyl (C=O) groups is 1. The van der Waals surface area contributed by atoms with E-state index >= 15 is 0 Å². The summed E-state index contributed by atoms with van der Waals surface area (Å²) in [5.74, 6) is 0.202. The molecule has 0 amide bonds. The molecule has 4 heteroatoms. The predicted octanol–water partition coefficient (Wildman–Crippen LogP) is 5.97. The zero-order valence-electron chi connectivity index (χ0n) is 16.9. The summed E-state index contributed by atoms with van der Waals surface area (Å²) in [5.41, 5.74) is 3.81. The first-order valence-corrected chi connectivity index (χ1v) is 10.1. The lowest BCUT2D eigenvalue weighted by Gasteiger charge is -2.14. The van der Waals surface area contributed by atoms with Crippen LogP contribution in [0.25, 0.3) is 16.9 Å². The van der Waals surface area contributed by atoms with E-state index in [1.807, 2.05) is 74.5 Å². The smallest absolute Gasteiger partial charge is 0.315 e. The molecule has 1 heterocycles. The van der Waals surface area contributed by atoms with Gasteiger partial charge in [0, 0.05) is 11.6 Å². The molecule has 1 unspecified atom stereocenters. The molecule has 0 spiro atoms. The number of ether oxygens (including phenoxy) is 1. The number of aryl methyl sites for hydroxylation is 1. The van der Waals surface area contributed by atoms with Gasteiger partial charge < -0.3 is 4.74 Å². The van der Waals surface area contributed by atoms with Crippen molar-refractivity contribution >= 4 is 5.97 Å². The average Bonchev–Trinajstić information content (AvgIpc) is 3.13. The van der Waals surface area contributed by atoms with Gasteiger partial charge in [0.1, 0.15) is 0 Å². The summed E-state index contributed by atoms with van der Waals surface area (Å²) in [6.07, 6.45) is 3.74. The molecule has 4 nitrogen and oxygen atoms in total. The van der Waals surface area contributed by atoms with Crippen LogP contribution in [0.15, 0.2) is 60.7 Å². The Morgan fingerprint density at radius 3 is 2.43 bits per heavy atom. The van der Waals surface area contributed by atoms with E-state index in [2.05, 4.69) is 6.92 Å². The number of aromatic nitrogens is 2. The van der Waals surface area contributed by atoms with Gasteiger partial charge in [-0.25, -0.2) is 4.68 Å². The van der Waals surface area contributed by atoms with Gasteiger partial charge in [-0.3, -0.25) is 4.79 Å². The summed E-state index contributed by atoms with van der Waals surface area (Å²) in [6, 6.07) is 19.8. The van der Waals surface area contributed by atoms with E-state index in [1.54, 1.807) is 4.68 Å². The van der Waals surface area contributed by atoms with Gasteiger partial charge in [0.2, 0.25) is 5.88 Å². The van der Waals surface area contributed by atoms with Crippen LogP contribution in [0.2, 0.25) is 0 Å². The highest BCUT2D eigenvalue weighted by Gasteiger charge is 2.21. The highest BCUT2D eigenvalue weighted by molar-refractivity contribution is 5.75. The Hall–Kier alpha value is -2.88. The van der Waals surface area contributed by atoms with E-state index in [9.17, 15) is 4.79 Å². The number of esters is 1. The van der Waals surface area contributed by atoms with E-state index in [0.29, 0.717) is 5.88 Å². The number of nitrogens with zero attached hydrogens (tertiary/aromatic N) is 2. The number of unbranched alkanes of at least 4 members (excludes halogenated alkanes) is 1. The van der Waals surface area contributed by atoms with Gasteiger partial charge in [-0.15, -0.1) is 0 Å². The fourth-order valence-corrected chi connectivity index (χ4v) is 3.18. The van der Waals surface area contributed by atoms with Crippen molar-refractivity contribution in [1.82, 2.24) is 9.78 Å². The summed E-state index contributed by atoms with van der Waals surface area (Å²) in [4.78, 5) is 12.8. The maximum atomic E-state index is 12.8. The lowest BCUT2D eigenvalue weighted by atomic mass is 10.00. The van der Waals surface area contributed by atoms with Crippen molar-refractivity contribution < 1.29 is 9.53 Å². The van der Waals surface area contributed by atoms with E-state index in [4.69, 9.17) is 9.84 Å². The molecular formula is C24H28N2O2. The topological polar surface area (TPSA) is 44.1 Å². The summed E-state index contributed by atoms with van der Waals surface area (Å²) < 4.78 is 7.56. The molecule has 28 heavy (non-hydrogen) atoms. The molecule has 3 aromatic rings. The number of rotatable bonds is 8. The SMILES string of the molecule is CCCCC(CC)C(=O)Oc1cc(-c2ccccc2)nn1-c1ccc(C)cc1. The van der Waals surface area contributed by atoms with Crippen LogP contribution < -0.4 is 4.74 Å². The highest BCUT2D eigenvalue weighted by Crippen LogP contribution is 2.28. The molecule has 0 aliphatic heterocycles. The van der Waals surface area contributed by atoms with Crippen molar-refractivity contribution in [2.45, 2.75) is 46.5 Å². The summed E-state index contributed by atoms with van der Waals surface area (Å²) >= 11 is 0. The van der Waals surface area contributed by atoms with E-state index < -0.39 is 0 Å². The van der Waals surface area contributed by atoms with Gasteiger partial charge >= 0.3 is 5.97 Å². The first-order valence-electron chi connectivity index (χ1n) is 10.1. The maximum Gasteiger partial charge on any atom is 0.315 e. The van der Waals surface area contributed by atoms with Crippen LogP contribution in [0.1, 0.15) is 45.1 Å². The number of benzene rings is 2. The Morgan fingerprint density at radius 2 is 1.79 bits per heavy atom. The van der Waals surface area contributed by atoms with Crippen LogP contribution in [-0.2, 0) is 4.79 Å². The Morgan fingerprint density at radius 1 is 1.07 bits per heavy atom. The van der Waals surface area contributed by atoms with Crippen molar-refractivity contribution in [2.75, 3.05) is 0 Å². The molecule has 0 fully saturated rings. The minimum atomic E-state index is -0.177. The van der Waals surface area contributed by atoms with Crippen molar-refractivity contribution in [3.63, 3.8) is 0 Å². The standard InChI is InChI=1S/C24H28N2O2/c1-4-6-10-19(5-2)24(27)28-23-17-22(20-11-8-7-9-12-20)25-26(23)21-15-13-18(3)14-16-21/h7-9,11-17,19H,4-6,10H2,1-3H3.